The van der Waals surface area contributed by atoms with Crippen LogP contribution in [0.2, 0.25) is 5.02 Å². The molecule has 0 aromatic heterocycles. The largest absolute Gasteiger partial charge is 0.508 e. The van der Waals surface area contributed by atoms with E-state index in [4.69, 9.17) is 30.5 Å². The number of phenols is 2. The van der Waals surface area contributed by atoms with E-state index >= 15 is 0 Å². The van der Waals surface area contributed by atoms with E-state index in [9.17, 15) is 23.4 Å². The quantitative estimate of drug-likeness (QED) is 0.105. The molecule has 0 bridgehead atoms. The van der Waals surface area contributed by atoms with Crippen molar-refractivity contribution in [2.45, 2.75) is 26.1 Å². The molecule has 68 heavy (non-hydrogen) atoms. The number of aromatic hydroxyl groups is 2. The summed E-state index contributed by atoms with van der Waals surface area (Å²) < 4.78 is 67.5. The molecule has 0 saturated carbocycles. The van der Waals surface area contributed by atoms with E-state index in [1.165, 1.54) is 12.1 Å². The van der Waals surface area contributed by atoms with Crippen LogP contribution >= 0.6 is 11.6 Å². The SMILES string of the molecule is CC1=C(c2cccc(F)c2)[C@H](c2ccc(OCCN3CC(CF)C3)c(-c3cc(Cl)cc(C4=C(C)c5cc(O)ccc5O[C@H]4c4ccc(OCCN5CC(CF)C5)cc4)c3)c2)Oc2cc(O)ccc21. The molecule has 4 heterocycles. The summed E-state index contributed by atoms with van der Waals surface area (Å²) >= 11 is 7.15. The zero-order valence-electron chi connectivity index (χ0n) is 37.9. The molecule has 8 nitrogen and oxygen atoms in total. The van der Waals surface area contributed by atoms with Crippen LogP contribution in [0.3, 0.4) is 0 Å². The second kappa shape index (κ2) is 19.3. The number of ether oxygens (including phenoxy) is 4. The maximum absolute atomic E-state index is 14.9. The normalized spacial score (nSPS) is 18.6. The third-order valence-corrected chi connectivity index (χ3v) is 13.8. The maximum atomic E-state index is 14.9. The summed E-state index contributed by atoms with van der Waals surface area (Å²) in [6.45, 7) is 8.44. The summed E-state index contributed by atoms with van der Waals surface area (Å²) in [5.74, 6) is 2.39. The number of fused-ring (bicyclic) bond motifs is 2. The van der Waals surface area contributed by atoms with Crippen molar-refractivity contribution in [1.82, 2.24) is 9.80 Å². The second-order valence-corrected chi connectivity index (χ2v) is 18.7. The Morgan fingerprint density at radius 1 is 0.588 bits per heavy atom. The van der Waals surface area contributed by atoms with Gasteiger partial charge in [0, 0.05) is 90.0 Å². The highest BCUT2D eigenvalue weighted by Gasteiger charge is 2.33. The van der Waals surface area contributed by atoms with Gasteiger partial charge in [-0.1, -0.05) is 41.9 Å². The number of phenolic OH excluding ortho intramolecular Hbond substituents is 2. The molecule has 6 aromatic rings. The predicted octanol–water partition coefficient (Wildman–Crippen LogP) is 12.2. The van der Waals surface area contributed by atoms with E-state index in [1.807, 2.05) is 74.5 Å². The first-order valence-corrected chi connectivity index (χ1v) is 23.4. The van der Waals surface area contributed by atoms with Gasteiger partial charge in [-0.25, -0.2) is 4.39 Å². The fraction of sp³-hybridized carbons (Fsp3) is 0.286. The Kier molecular flexibility index (Phi) is 12.9. The first-order chi connectivity index (χ1) is 33.0. The average Bonchev–Trinajstić information content (AvgIpc) is 3.30. The highest BCUT2D eigenvalue weighted by atomic mass is 35.5. The molecule has 0 aliphatic carbocycles. The molecule has 2 saturated heterocycles. The number of hydrogen-bond acceptors (Lipinski definition) is 8. The summed E-state index contributed by atoms with van der Waals surface area (Å²) in [5.41, 5.74) is 9.49. The van der Waals surface area contributed by atoms with E-state index in [0.29, 0.717) is 66.4 Å². The standard InChI is InChI=1S/C56H52ClF3N2O6/c1-33-47-13-9-45(64)26-52(47)68-56(53(33)38-4-3-5-43(60)23-38)39-8-14-50(66-19-17-62-31-36(28-59)32-62)49(24-39)40-20-41(22-42(57)21-40)54-34(2)48-25-44(63)10-15-51(48)67-55(54)37-6-11-46(12-7-37)65-18-16-61-29-35(27-58)30-61/h3-15,20-26,35-36,55-56,63-64H,16-19,27-32H2,1-2H3/t55-,56-/m0/s1. The van der Waals surface area contributed by atoms with Gasteiger partial charge in [0.15, 0.2) is 0 Å². The van der Waals surface area contributed by atoms with Crippen LogP contribution in [0.1, 0.15) is 59.4 Å². The van der Waals surface area contributed by atoms with Gasteiger partial charge >= 0.3 is 0 Å². The molecular weight excluding hydrogens is 889 g/mol. The zero-order valence-corrected chi connectivity index (χ0v) is 38.6. The number of alkyl halides is 2. The fourth-order valence-electron chi connectivity index (χ4n) is 9.94. The molecule has 6 aromatic carbocycles. The Bertz CT molecular complexity index is 2910. The molecular formula is C56H52ClF3N2O6. The zero-order chi connectivity index (χ0) is 47.1. The lowest BCUT2D eigenvalue weighted by Crippen LogP contribution is -2.49. The highest BCUT2D eigenvalue weighted by Crippen LogP contribution is 2.51. The van der Waals surface area contributed by atoms with Gasteiger partial charge in [-0.2, -0.15) is 0 Å². The van der Waals surface area contributed by atoms with Crippen LogP contribution < -0.4 is 18.9 Å². The number of nitrogens with zero attached hydrogens (tertiary/aromatic N) is 2. The maximum Gasteiger partial charge on any atom is 0.150 e. The van der Waals surface area contributed by atoms with E-state index in [-0.39, 0.29) is 42.5 Å². The summed E-state index contributed by atoms with van der Waals surface area (Å²) in [4.78, 5) is 4.35. The average molecular weight is 941 g/mol. The number of allylic oxidation sites excluding steroid dienone is 2. The highest BCUT2D eigenvalue weighted by molar-refractivity contribution is 6.31. The number of rotatable bonds is 15. The van der Waals surface area contributed by atoms with E-state index < -0.39 is 12.2 Å². The van der Waals surface area contributed by atoms with Gasteiger partial charge in [-0.15, -0.1) is 0 Å². The smallest absolute Gasteiger partial charge is 0.150 e. The lowest BCUT2D eigenvalue weighted by Gasteiger charge is -2.37. The Labute approximate surface area is 399 Å². The summed E-state index contributed by atoms with van der Waals surface area (Å²) in [6, 6.07) is 36.1. The number of likely N-dealkylation sites (tertiary alicyclic amines) is 2. The Balaban J connectivity index is 1.04. The predicted molar refractivity (Wildman–Crippen MR) is 260 cm³/mol. The number of halogens is 4. The van der Waals surface area contributed by atoms with Crippen LogP contribution in [-0.4, -0.2) is 85.8 Å². The van der Waals surface area contributed by atoms with Crippen molar-refractivity contribution in [3.05, 3.63) is 166 Å². The van der Waals surface area contributed by atoms with E-state index in [1.54, 1.807) is 42.5 Å². The van der Waals surface area contributed by atoms with E-state index in [2.05, 4.69) is 15.9 Å². The molecule has 0 unspecified atom stereocenters. The van der Waals surface area contributed by atoms with Crippen LogP contribution in [0, 0.1) is 17.7 Å². The van der Waals surface area contributed by atoms with Crippen LogP contribution in [-0.2, 0) is 0 Å². The molecule has 10 rings (SSSR count). The molecule has 2 fully saturated rings. The molecule has 4 aliphatic rings. The third-order valence-electron chi connectivity index (χ3n) is 13.5. The van der Waals surface area contributed by atoms with Crippen molar-refractivity contribution in [2.75, 3.05) is 65.8 Å². The Morgan fingerprint density at radius 3 is 1.93 bits per heavy atom. The van der Waals surface area contributed by atoms with Crippen LogP contribution in [0.5, 0.6) is 34.5 Å². The minimum atomic E-state index is -0.710. The summed E-state index contributed by atoms with van der Waals surface area (Å²) in [6.07, 6.45) is -1.29. The lowest BCUT2D eigenvalue weighted by atomic mass is 9.84. The molecule has 350 valence electrons. The van der Waals surface area contributed by atoms with Crippen molar-refractivity contribution in [1.29, 1.82) is 0 Å². The Hall–Kier alpha value is -6.40. The van der Waals surface area contributed by atoms with Crippen LogP contribution in [0.15, 0.2) is 121 Å². The van der Waals surface area contributed by atoms with Gasteiger partial charge in [-0.05, 0) is 138 Å². The monoisotopic (exact) mass is 940 g/mol. The minimum Gasteiger partial charge on any atom is -0.508 e. The van der Waals surface area contributed by atoms with Gasteiger partial charge in [-0.3, -0.25) is 18.6 Å². The van der Waals surface area contributed by atoms with Crippen molar-refractivity contribution in [3.8, 4) is 45.6 Å². The first-order valence-electron chi connectivity index (χ1n) is 23.1. The Morgan fingerprint density at radius 2 is 1.21 bits per heavy atom. The number of benzene rings is 6. The topological polar surface area (TPSA) is 83.9 Å². The molecule has 0 amide bonds. The molecule has 0 radical (unpaired) electrons. The lowest BCUT2D eigenvalue weighted by molar-refractivity contribution is 0.0668. The minimum absolute atomic E-state index is 0.0482. The first kappa shape index (κ1) is 45.4. The van der Waals surface area contributed by atoms with Gasteiger partial charge < -0.3 is 29.2 Å². The fourth-order valence-corrected chi connectivity index (χ4v) is 10.2. The van der Waals surface area contributed by atoms with Crippen LogP contribution in [0.25, 0.3) is 33.4 Å². The van der Waals surface area contributed by atoms with E-state index in [0.717, 1.165) is 80.9 Å². The molecule has 2 N–H and O–H groups in total. The van der Waals surface area contributed by atoms with Gasteiger partial charge in [0.2, 0.25) is 0 Å². The number of hydrogen-bond donors (Lipinski definition) is 2. The molecule has 2 atom stereocenters. The van der Waals surface area contributed by atoms with Crippen molar-refractivity contribution >= 4 is 33.9 Å². The van der Waals surface area contributed by atoms with Gasteiger partial charge in [0.25, 0.3) is 0 Å². The third kappa shape index (κ3) is 9.27. The molecule has 0 spiro atoms. The van der Waals surface area contributed by atoms with Crippen molar-refractivity contribution in [3.63, 3.8) is 0 Å². The summed E-state index contributed by atoms with van der Waals surface area (Å²) in [5, 5.41) is 21.7. The van der Waals surface area contributed by atoms with Crippen molar-refractivity contribution in [2.24, 2.45) is 11.8 Å². The second-order valence-electron chi connectivity index (χ2n) is 18.3. The molecule has 12 heteroatoms. The molecule has 4 aliphatic heterocycles. The van der Waals surface area contributed by atoms with Gasteiger partial charge in [0.05, 0.1) is 13.3 Å². The van der Waals surface area contributed by atoms with Crippen LogP contribution in [0.4, 0.5) is 13.2 Å². The van der Waals surface area contributed by atoms with Crippen molar-refractivity contribution < 1.29 is 42.3 Å². The summed E-state index contributed by atoms with van der Waals surface area (Å²) in [7, 11) is 0. The van der Waals surface area contributed by atoms with Gasteiger partial charge in [0.1, 0.15) is 65.7 Å².